The maximum atomic E-state index is 12.0. The van der Waals surface area contributed by atoms with E-state index in [-0.39, 0.29) is 9.92 Å². The van der Waals surface area contributed by atoms with Gasteiger partial charge in [-0.1, -0.05) is 24.4 Å². The smallest absolute Gasteiger partial charge is 0.242 e. The van der Waals surface area contributed by atoms with Gasteiger partial charge in [-0.15, -0.1) is 0 Å². The van der Waals surface area contributed by atoms with E-state index in [4.69, 9.17) is 17.3 Å². The Balaban J connectivity index is 2.09. The van der Waals surface area contributed by atoms with Gasteiger partial charge in [0.2, 0.25) is 10.0 Å². The topological polar surface area (TPSA) is 72.2 Å². The van der Waals surface area contributed by atoms with Crippen molar-refractivity contribution >= 4 is 27.3 Å². The molecular weight excluding hydrogens is 260 g/mol. The molecule has 2 rings (SSSR count). The van der Waals surface area contributed by atoms with Crippen LogP contribution >= 0.6 is 11.6 Å². The van der Waals surface area contributed by atoms with Gasteiger partial charge in [-0.25, -0.2) is 13.1 Å². The molecule has 4 nitrogen and oxygen atoms in total. The fraction of sp³-hybridized carbons (Fsp3) is 0.455. The van der Waals surface area contributed by atoms with Gasteiger partial charge in [0.25, 0.3) is 0 Å². The van der Waals surface area contributed by atoms with Crippen LogP contribution in [0, 0.1) is 5.92 Å². The normalized spacial score (nSPS) is 16.1. The summed E-state index contributed by atoms with van der Waals surface area (Å²) >= 11 is 5.86. The molecule has 0 saturated heterocycles. The van der Waals surface area contributed by atoms with E-state index in [1.165, 1.54) is 25.0 Å². The third-order valence-electron chi connectivity index (χ3n) is 2.79. The van der Waals surface area contributed by atoms with Crippen LogP contribution in [0.1, 0.15) is 19.3 Å². The average molecular weight is 275 g/mol. The van der Waals surface area contributed by atoms with Crippen molar-refractivity contribution in [2.45, 2.75) is 24.2 Å². The molecule has 0 heterocycles. The summed E-state index contributed by atoms with van der Waals surface area (Å²) < 4.78 is 26.5. The Morgan fingerprint density at radius 2 is 2.12 bits per heavy atom. The maximum absolute atomic E-state index is 12.0. The van der Waals surface area contributed by atoms with Crippen LogP contribution < -0.4 is 10.5 Å². The first-order valence-corrected chi connectivity index (χ1v) is 7.40. The van der Waals surface area contributed by atoms with Crippen LogP contribution in [0.4, 0.5) is 5.69 Å². The van der Waals surface area contributed by atoms with E-state index in [0.29, 0.717) is 18.2 Å². The Morgan fingerprint density at radius 3 is 2.76 bits per heavy atom. The summed E-state index contributed by atoms with van der Waals surface area (Å²) in [5.41, 5.74) is 5.95. The minimum absolute atomic E-state index is 0.0509. The molecular formula is C11H15ClN2O2S. The number of benzene rings is 1. The molecule has 94 valence electrons. The van der Waals surface area contributed by atoms with Crippen molar-refractivity contribution in [1.82, 2.24) is 4.72 Å². The number of sulfonamides is 1. The number of nitrogen functional groups attached to an aromatic ring is 1. The van der Waals surface area contributed by atoms with Crippen LogP contribution in [0.2, 0.25) is 5.02 Å². The molecule has 0 aromatic heterocycles. The van der Waals surface area contributed by atoms with Crippen molar-refractivity contribution in [3.05, 3.63) is 23.2 Å². The molecule has 0 amide bonds. The second-order valence-corrected chi connectivity index (χ2v) is 6.46. The highest BCUT2D eigenvalue weighted by molar-refractivity contribution is 7.89. The van der Waals surface area contributed by atoms with E-state index in [1.807, 2.05) is 0 Å². The van der Waals surface area contributed by atoms with E-state index in [9.17, 15) is 8.42 Å². The van der Waals surface area contributed by atoms with Gasteiger partial charge in [-0.2, -0.15) is 0 Å². The highest BCUT2D eigenvalue weighted by Gasteiger charge is 2.23. The van der Waals surface area contributed by atoms with Crippen molar-refractivity contribution in [3.63, 3.8) is 0 Å². The van der Waals surface area contributed by atoms with Crippen molar-refractivity contribution in [2.24, 2.45) is 5.92 Å². The van der Waals surface area contributed by atoms with Gasteiger partial charge in [0.15, 0.2) is 0 Å². The van der Waals surface area contributed by atoms with Gasteiger partial charge < -0.3 is 5.73 Å². The first-order chi connectivity index (χ1) is 7.99. The van der Waals surface area contributed by atoms with E-state index in [0.717, 1.165) is 6.42 Å². The molecule has 0 atom stereocenters. The lowest BCUT2D eigenvalue weighted by molar-refractivity contribution is 0.575. The standard InChI is InChI=1S/C11H15ClN2O2S/c12-10-4-3-9(13)7-11(10)17(15,16)14-6-5-8-1-2-8/h3-4,7-8,14H,1-2,5-6,13H2. The number of hydrogen-bond acceptors (Lipinski definition) is 3. The molecule has 0 unspecified atom stereocenters. The monoisotopic (exact) mass is 274 g/mol. The minimum atomic E-state index is -3.54. The number of hydrogen-bond donors (Lipinski definition) is 2. The highest BCUT2D eigenvalue weighted by Crippen LogP contribution is 2.32. The predicted octanol–water partition coefficient (Wildman–Crippen LogP) is 2.00. The Bertz CT molecular complexity index is 512. The van der Waals surface area contributed by atoms with Gasteiger partial charge in [-0.05, 0) is 30.5 Å². The van der Waals surface area contributed by atoms with Gasteiger partial charge in [0, 0.05) is 12.2 Å². The summed E-state index contributed by atoms with van der Waals surface area (Å²) in [4.78, 5) is 0.0509. The molecule has 0 spiro atoms. The minimum Gasteiger partial charge on any atom is -0.399 e. The van der Waals surface area contributed by atoms with Gasteiger partial charge in [0.1, 0.15) is 4.90 Å². The van der Waals surface area contributed by atoms with Crippen molar-refractivity contribution in [1.29, 1.82) is 0 Å². The van der Waals surface area contributed by atoms with Crippen LogP contribution in [-0.4, -0.2) is 15.0 Å². The van der Waals surface area contributed by atoms with Crippen molar-refractivity contribution in [2.75, 3.05) is 12.3 Å². The quantitative estimate of drug-likeness (QED) is 0.807. The van der Waals surface area contributed by atoms with E-state index in [2.05, 4.69) is 4.72 Å². The Morgan fingerprint density at radius 1 is 1.41 bits per heavy atom. The van der Waals surface area contributed by atoms with E-state index in [1.54, 1.807) is 6.07 Å². The summed E-state index contributed by atoms with van der Waals surface area (Å²) in [6.07, 6.45) is 3.31. The summed E-state index contributed by atoms with van der Waals surface area (Å²) in [5.74, 6) is 0.689. The van der Waals surface area contributed by atoms with E-state index >= 15 is 0 Å². The Kier molecular flexibility index (Phi) is 3.61. The van der Waals surface area contributed by atoms with Crippen molar-refractivity contribution in [3.8, 4) is 0 Å². The molecule has 1 aromatic rings. The summed E-state index contributed by atoms with van der Waals surface area (Å²) in [7, 11) is -3.54. The fourth-order valence-electron chi connectivity index (χ4n) is 1.61. The Hall–Kier alpha value is -0.780. The number of rotatable bonds is 5. The molecule has 1 fully saturated rings. The molecule has 1 aliphatic rings. The number of nitrogens with one attached hydrogen (secondary N) is 1. The van der Waals surface area contributed by atoms with Gasteiger partial charge in [0.05, 0.1) is 5.02 Å². The number of anilines is 1. The lowest BCUT2D eigenvalue weighted by Crippen LogP contribution is -2.25. The van der Waals surface area contributed by atoms with Crippen LogP contribution in [0.15, 0.2) is 23.1 Å². The molecule has 1 aliphatic carbocycles. The van der Waals surface area contributed by atoms with Crippen LogP contribution in [0.5, 0.6) is 0 Å². The molecule has 1 aromatic carbocycles. The Labute approximate surface area is 106 Å². The highest BCUT2D eigenvalue weighted by atomic mass is 35.5. The molecule has 6 heteroatoms. The maximum Gasteiger partial charge on any atom is 0.242 e. The van der Waals surface area contributed by atoms with E-state index < -0.39 is 10.0 Å². The fourth-order valence-corrected chi connectivity index (χ4v) is 3.19. The van der Waals surface area contributed by atoms with Crippen LogP contribution in [0.25, 0.3) is 0 Å². The molecule has 0 radical (unpaired) electrons. The molecule has 17 heavy (non-hydrogen) atoms. The zero-order chi connectivity index (χ0) is 12.5. The van der Waals surface area contributed by atoms with Crippen LogP contribution in [0.3, 0.4) is 0 Å². The predicted molar refractivity (Wildman–Crippen MR) is 68.4 cm³/mol. The SMILES string of the molecule is Nc1ccc(Cl)c(S(=O)(=O)NCCC2CC2)c1. The summed E-state index contributed by atoms with van der Waals surface area (Å²) in [6.45, 7) is 0.456. The summed E-state index contributed by atoms with van der Waals surface area (Å²) in [5, 5.41) is 0.193. The molecule has 0 aliphatic heterocycles. The second kappa shape index (κ2) is 4.84. The second-order valence-electron chi connectivity index (χ2n) is 4.32. The third kappa shape index (κ3) is 3.34. The number of halogens is 1. The lowest BCUT2D eigenvalue weighted by Gasteiger charge is -2.08. The zero-order valence-corrected chi connectivity index (χ0v) is 10.9. The molecule has 3 N–H and O–H groups in total. The average Bonchev–Trinajstić information content (AvgIpc) is 3.05. The molecule has 0 bridgehead atoms. The largest absolute Gasteiger partial charge is 0.399 e. The first kappa shape index (κ1) is 12.7. The van der Waals surface area contributed by atoms with Crippen LogP contribution in [-0.2, 0) is 10.0 Å². The zero-order valence-electron chi connectivity index (χ0n) is 9.32. The summed E-state index contributed by atoms with van der Waals surface area (Å²) in [6, 6.07) is 4.44. The number of nitrogens with two attached hydrogens (primary N) is 1. The molecule has 1 saturated carbocycles. The lowest BCUT2D eigenvalue weighted by atomic mass is 10.3. The van der Waals surface area contributed by atoms with Gasteiger partial charge >= 0.3 is 0 Å². The van der Waals surface area contributed by atoms with Gasteiger partial charge in [-0.3, -0.25) is 0 Å². The third-order valence-corrected chi connectivity index (χ3v) is 4.73. The van der Waals surface area contributed by atoms with Crippen molar-refractivity contribution < 1.29 is 8.42 Å². The first-order valence-electron chi connectivity index (χ1n) is 5.54.